The van der Waals surface area contributed by atoms with E-state index in [0.29, 0.717) is 6.04 Å². The van der Waals surface area contributed by atoms with Crippen molar-refractivity contribution in [3.8, 4) is 0 Å². The van der Waals surface area contributed by atoms with Gasteiger partial charge < -0.3 is 9.84 Å². The zero-order valence-electron chi connectivity index (χ0n) is 5.03. The Kier molecular flexibility index (Phi) is 1.81. The van der Waals surface area contributed by atoms with E-state index < -0.39 is 0 Å². The van der Waals surface area contributed by atoms with Crippen LogP contribution >= 0.6 is 11.9 Å². The van der Waals surface area contributed by atoms with E-state index in [1.165, 1.54) is 0 Å². The van der Waals surface area contributed by atoms with Crippen molar-refractivity contribution in [2.24, 2.45) is 0 Å². The summed E-state index contributed by atoms with van der Waals surface area (Å²) in [5.41, 5.74) is 4.05. The van der Waals surface area contributed by atoms with Crippen LogP contribution in [0.15, 0.2) is 11.6 Å². The number of hydrogen-bond acceptors (Lipinski definition) is 2. The SMILES string of the molecule is CC(C)N1[N-]C=CS1. The van der Waals surface area contributed by atoms with Crippen molar-refractivity contribution in [2.75, 3.05) is 0 Å². The maximum atomic E-state index is 4.05. The summed E-state index contributed by atoms with van der Waals surface area (Å²) in [6.45, 7) is 4.23. The molecule has 0 aromatic carbocycles. The van der Waals surface area contributed by atoms with Gasteiger partial charge >= 0.3 is 0 Å². The summed E-state index contributed by atoms with van der Waals surface area (Å²) in [6, 6.07) is 0.509. The molecule has 0 fully saturated rings. The normalized spacial score (nSPS) is 19.9. The molecule has 0 aromatic rings. The Morgan fingerprint density at radius 1 is 1.62 bits per heavy atom. The highest BCUT2D eigenvalue weighted by Crippen LogP contribution is 2.26. The Morgan fingerprint density at radius 2 is 2.38 bits per heavy atom. The molecule has 46 valence electrons. The molecule has 0 saturated carbocycles. The first kappa shape index (κ1) is 5.98. The second kappa shape index (κ2) is 2.42. The van der Waals surface area contributed by atoms with E-state index in [4.69, 9.17) is 0 Å². The first-order valence-corrected chi connectivity index (χ1v) is 3.46. The first-order chi connectivity index (χ1) is 3.80. The molecule has 0 spiro atoms. The molecule has 2 nitrogen and oxygen atoms in total. The van der Waals surface area contributed by atoms with Crippen LogP contribution in [0.25, 0.3) is 5.43 Å². The Bertz CT molecular complexity index is 92.6. The molecule has 1 aliphatic heterocycles. The van der Waals surface area contributed by atoms with Gasteiger partial charge in [-0.25, -0.2) is 0 Å². The lowest BCUT2D eigenvalue weighted by atomic mass is 10.4. The van der Waals surface area contributed by atoms with E-state index in [2.05, 4.69) is 19.3 Å². The molecule has 1 heterocycles. The number of hydrogen-bond donors (Lipinski definition) is 0. The molecule has 8 heavy (non-hydrogen) atoms. The van der Waals surface area contributed by atoms with Crippen LogP contribution < -0.4 is 0 Å². The molecule has 0 saturated heterocycles. The summed E-state index contributed by atoms with van der Waals surface area (Å²) in [6.07, 6.45) is 1.81. The molecule has 0 N–H and O–H groups in total. The molecular weight excluding hydrogens is 120 g/mol. The van der Waals surface area contributed by atoms with Gasteiger partial charge in [-0.05, 0) is 11.4 Å². The monoisotopic (exact) mass is 129 g/mol. The van der Waals surface area contributed by atoms with Gasteiger partial charge in [-0.15, -0.1) is 0 Å². The molecule has 0 aromatic heterocycles. The highest BCUT2D eigenvalue weighted by atomic mass is 32.2. The van der Waals surface area contributed by atoms with Gasteiger partial charge in [0.15, 0.2) is 0 Å². The smallest absolute Gasteiger partial charge is 0.000864 e. The van der Waals surface area contributed by atoms with E-state index in [1.807, 2.05) is 16.0 Å². The maximum absolute atomic E-state index is 4.05. The quantitative estimate of drug-likeness (QED) is 0.504. The van der Waals surface area contributed by atoms with E-state index in [-0.39, 0.29) is 0 Å². The van der Waals surface area contributed by atoms with E-state index in [9.17, 15) is 0 Å². The third-order valence-electron chi connectivity index (χ3n) is 0.852. The summed E-state index contributed by atoms with van der Waals surface area (Å²) in [4.78, 5) is 0. The Hall–Kier alpha value is -0.150. The predicted octanol–water partition coefficient (Wildman–Crippen LogP) is 2.12. The van der Waals surface area contributed by atoms with Gasteiger partial charge in [0, 0.05) is 0 Å². The predicted molar refractivity (Wildman–Crippen MR) is 37.1 cm³/mol. The molecular formula is C5H9N2S-. The lowest BCUT2D eigenvalue weighted by molar-refractivity contribution is 0.496. The first-order valence-electron chi connectivity index (χ1n) is 2.62. The van der Waals surface area contributed by atoms with Crippen molar-refractivity contribution in [1.82, 2.24) is 4.41 Å². The van der Waals surface area contributed by atoms with Crippen molar-refractivity contribution < 1.29 is 0 Å². The second-order valence-corrected chi connectivity index (χ2v) is 2.76. The van der Waals surface area contributed by atoms with Gasteiger partial charge in [0.1, 0.15) is 0 Å². The van der Waals surface area contributed by atoms with Gasteiger partial charge in [0.2, 0.25) is 0 Å². The van der Waals surface area contributed by atoms with Crippen molar-refractivity contribution >= 4 is 11.9 Å². The molecule has 3 heteroatoms. The molecule has 0 atom stereocenters. The Balaban J connectivity index is 2.29. The van der Waals surface area contributed by atoms with E-state index >= 15 is 0 Å². The zero-order valence-corrected chi connectivity index (χ0v) is 5.85. The standard InChI is InChI=1S/C5H9N2S/c1-5(2)7-6-3-4-8-7/h3-5H,1-2H3/q-1. The van der Waals surface area contributed by atoms with Crippen molar-refractivity contribution in [1.29, 1.82) is 0 Å². The lowest BCUT2D eigenvalue weighted by Crippen LogP contribution is -2.14. The molecule has 0 bridgehead atoms. The average molecular weight is 129 g/mol. The third-order valence-corrected chi connectivity index (χ3v) is 1.83. The van der Waals surface area contributed by atoms with Crippen LogP contribution in [-0.4, -0.2) is 10.5 Å². The fourth-order valence-electron chi connectivity index (χ4n) is 0.465. The largest absolute Gasteiger partial charge is 0.615 e. The van der Waals surface area contributed by atoms with Gasteiger partial charge in [0.25, 0.3) is 0 Å². The van der Waals surface area contributed by atoms with E-state index in [0.717, 1.165) is 0 Å². The van der Waals surface area contributed by atoms with Crippen LogP contribution in [0.1, 0.15) is 13.8 Å². The second-order valence-electron chi connectivity index (χ2n) is 1.90. The minimum atomic E-state index is 0.509. The molecule has 1 aliphatic rings. The van der Waals surface area contributed by atoms with Crippen molar-refractivity contribution in [2.45, 2.75) is 19.9 Å². The summed E-state index contributed by atoms with van der Waals surface area (Å²) < 4.78 is 1.96. The summed E-state index contributed by atoms with van der Waals surface area (Å²) in [7, 11) is 0. The zero-order chi connectivity index (χ0) is 5.98. The van der Waals surface area contributed by atoms with Crippen LogP contribution in [0.4, 0.5) is 0 Å². The van der Waals surface area contributed by atoms with Gasteiger partial charge in [-0.2, -0.15) is 6.20 Å². The Morgan fingerprint density at radius 3 is 2.62 bits per heavy atom. The van der Waals surface area contributed by atoms with Crippen LogP contribution in [-0.2, 0) is 0 Å². The summed E-state index contributed by atoms with van der Waals surface area (Å²) >= 11 is 1.64. The fraction of sp³-hybridized carbons (Fsp3) is 0.600. The molecule has 0 unspecified atom stereocenters. The van der Waals surface area contributed by atoms with Gasteiger partial charge in [0.05, 0.1) is 0 Å². The molecule has 0 aliphatic carbocycles. The molecule has 0 radical (unpaired) electrons. The minimum Gasteiger partial charge on any atom is -0.615 e. The maximum Gasteiger partial charge on any atom is -0.000864 e. The molecule has 1 rings (SSSR count). The topological polar surface area (TPSA) is 17.3 Å². The minimum absolute atomic E-state index is 0.509. The lowest BCUT2D eigenvalue weighted by Gasteiger charge is -2.31. The van der Waals surface area contributed by atoms with E-state index in [1.54, 1.807) is 11.9 Å². The highest BCUT2D eigenvalue weighted by molar-refractivity contribution is 8.00. The van der Waals surface area contributed by atoms with Crippen molar-refractivity contribution in [3.63, 3.8) is 0 Å². The van der Waals surface area contributed by atoms with Gasteiger partial charge in [-0.1, -0.05) is 25.8 Å². The summed E-state index contributed by atoms with van der Waals surface area (Å²) in [5.74, 6) is 0. The number of rotatable bonds is 1. The third kappa shape index (κ3) is 1.17. The van der Waals surface area contributed by atoms with Crippen LogP contribution in [0.2, 0.25) is 0 Å². The number of nitrogens with zero attached hydrogens (tertiary/aromatic N) is 2. The average Bonchev–Trinajstić information content (AvgIpc) is 2.12. The van der Waals surface area contributed by atoms with Crippen LogP contribution in [0, 0.1) is 0 Å². The van der Waals surface area contributed by atoms with Crippen molar-refractivity contribution in [3.05, 3.63) is 17.0 Å². The Labute approximate surface area is 54.0 Å². The van der Waals surface area contributed by atoms with Gasteiger partial charge in [-0.3, -0.25) is 0 Å². The highest BCUT2D eigenvalue weighted by Gasteiger charge is 1.98. The summed E-state index contributed by atoms with van der Waals surface area (Å²) in [5, 5.41) is 1.97. The molecule has 0 amide bonds. The van der Waals surface area contributed by atoms with Crippen LogP contribution in [0.5, 0.6) is 0 Å². The van der Waals surface area contributed by atoms with Crippen LogP contribution in [0.3, 0.4) is 0 Å². The fourth-order valence-corrected chi connectivity index (χ4v) is 1.05.